The minimum absolute atomic E-state index is 0.242. The molecule has 0 radical (unpaired) electrons. The van der Waals surface area contributed by atoms with E-state index in [9.17, 15) is 4.79 Å². The van der Waals surface area contributed by atoms with Crippen molar-refractivity contribution in [3.05, 3.63) is 25.4 Å². The lowest BCUT2D eigenvalue weighted by Gasteiger charge is -2.04. The van der Waals surface area contributed by atoms with Gasteiger partial charge in [0.05, 0.1) is 25.4 Å². The van der Waals surface area contributed by atoms with E-state index in [0.29, 0.717) is 0 Å². The molecule has 0 aromatic heterocycles. The lowest BCUT2D eigenvalue weighted by Crippen LogP contribution is -1.87. The average molecular weight is 533 g/mol. The van der Waals surface area contributed by atoms with Gasteiger partial charge in [-0.1, -0.05) is 71.7 Å². The van der Waals surface area contributed by atoms with Crippen LogP contribution in [0.1, 0.15) is 32.6 Å². The Morgan fingerprint density at radius 2 is 1.15 bits per heavy atom. The Labute approximate surface area is 202 Å². The summed E-state index contributed by atoms with van der Waals surface area (Å²) in [7, 11) is 0. The fourth-order valence-electron chi connectivity index (χ4n) is 2.11. The summed E-state index contributed by atoms with van der Waals surface area (Å²) in [6, 6.07) is 0. The van der Waals surface area contributed by atoms with Crippen molar-refractivity contribution in [2.24, 2.45) is 0 Å². The van der Waals surface area contributed by atoms with Gasteiger partial charge in [0, 0.05) is 12.7 Å². The van der Waals surface area contributed by atoms with E-state index in [1.807, 2.05) is 94.1 Å². The molecule has 0 saturated carbocycles. The van der Waals surface area contributed by atoms with Crippen molar-refractivity contribution in [3.63, 3.8) is 0 Å². The van der Waals surface area contributed by atoms with Gasteiger partial charge in [-0.2, -0.15) is 0 Å². The van der Waals surface area contributed by atoms with Gasteiger partial charge in [0.15, 0.2) is 5.12 Å². The van der Waals surface area contributed by atoms with E-state index < -0.39 is 0 Å². The van der Waals surface area contributed by atoms with Crippen LogP contribution in [-0.2, 0) is 4.79 Å². The van der Waals surface area contributed by atoms with E-state index in [-0.39, 0.29) is 5.12 Å². The number of rotatable bonds is 11. The molecule has 0 bridgehead atoms. The monoisotopic (exact) mass is 532 g/mol. The normalized spacial score (nSPS) is 17.6. The molecule has 0 spiro atoms. The second-order valence-electron chi connectivity index (χ2n) is 5.35. The highest BCUT2D eigenvalue weighted by molar-refractivity contribution is 8.44. The molecule has 10 heteroatoms. The maximum Gasteiger partial charge on any atom is 0.185 e. The largest absolute Gasteiger partial charge is 0.288 e. The van der Waals surface area contributed by atoms with Crippen molar-refractivity contribution < 1.29 is 4.79 Å². The molecule has 152 valence electrons. The van der Waals surface area contributed by atoms with Crippen molar-refractivity contribution in [2.45, 2.75) is 32.6 Å². The van der Waals surface area contributed by atoms with Crippen LogP contribution < -0.4 is 0 Å². The quantitative estimate of drug-likeness (QED) is 0.239. The van der Waals surface area contributed by atoms with Gasteiger partial charge in [0.2, 0.25) is 0 Å². The van der Waals surface area contributed by atoms with Crippen molar-refractivity contribution in [3.8, 4) is 0 Å². The smallest absolute Gasteiger partial charge is 0.185 e. The summed E-state index contributed by atoms with van der Waals surface area (Å²) in [4.78, 5) is 10.9. The SMILES string of the molecule is CSC1=C(SC)SC(=C2SC(SC)=C(SCCCCCCSC(C)=O)S2)S1. The molecule has 0 aliphatic carbocycles. The van der Waals surface area contributed by atoms with Gasteiger partial charge in [-0.15, -0.1) is 47.0 Å². The third kappa shape index (κ3) is 8.59. The van der Waals surface area contributed by atoms with Crippen molar-refractivity contribution >= 4 is 111 Å². The van der Waals surface area contributed by atoms with Gasteiger partial charge >= 0.3 is 0 Å². The third-order valence-corrected chi connectivity index (χ3v) is 15.5. The average Bonchev–Trinajstić information content (AvgIpc) is 3.26. The van der Waals surface area contributed by atoms with Crippen LogP contribution in [0.4, 0.5) is 0 Å². The fraction of sp³-hybridized carbons (Fsp3) is 0.588. The number of hydrogen-bond acceptors (Lipinski definition) is 10. The molecule has 0 atom stereocenters. The number of hydrogen-bond donors (Lipinski definition) is 0. The van der Waals surface area contributed by atoms with Crippen molar-refractivity contribution in [1.82, 2.24) is 0 Å². The highest BCUT2D eigenvalue weighted by atomic mass is 32.3. The zero-order valence-electron chi connectivity index (χ0n) is 15.8. The maximum absolute atomic E-state index is 10.9. The van der Waals surface area contributed by atoms with Crippen LogP contribution >= 0.6 is 106 Å². The van der Waals surface area contributed by atoms with Crippen LogP contribution in [0.25, 0.3) is 0 Å². The van der Waals surface area contributed by atoms with E-state index in [1.165, 1.54) is 62.2 Å². The van der Waals surface area contributed by atoms with Gasteiger partial charge in [-0.25, -0.2) is 0 Å². The minimum atomic E-state index is 0.242. The maximum atomic E-state index is 10.9. The van der Waals surface area contributed by atoms with E-state index in [2.05, 4.69) is 18.8 Å². The molecule has 0 fully saturated rings. The molecule has 27 heavy (non-hydrogen) atoms. The molecule has 2 rings (SSSR count). The number of carbonyl (C=O) groups is 1. The first-order chi connectivity index (χ1) is 13.1. The molecule has 0 aromatic carbocycles. The van der Waals surface area contributed by atoms with Gasteiger partial charge in [0.25, 0.3) is 0 Å². The topological polar surface area (TPSA) is 17.1 Å². The summed E-state index contributed by atoms with van der Waals surface area (Å²) in [6.07, 6.45) is 11.5. The van der Waals surface area contributed by atoms with Crippen LogP contribution in [0, 0.1) is 0 Å². The predicted molar refractivity (Wildman–Crippen MR) is 146 cm³/mol. The number of unbranched alkanes of at least 4 members (excludes halogenated alkanes) is 3. The molecular formula is C17H24OS9. The van der Waals surface area contributed by atoms with Crippen molar-refractivity contribution in [1.29, 1.82) is 0 Å². The number of carbonyl (C=O) groups excluding carboxylic acids is 1. The second kappa shape index (κ2) is 14.2. The van der Waals surface area contributed by atoms with Gasteiger partial charge in [0.1, 0.15) is 0 Å². The highest BCUT2D eigenvalue weighted by Gasteiger charge is 2.29. The Kier molecular flexibility index (Phi) is 13.3. The Morgan fingerprint density at radius 3 is 1.63 bits per heavy atom. The van der Waals surface area contributed by atoms with Crippen LogP contribution in [-0.4, -0.2) is 35.4 Å². The predicted octanol–water partition coefficient (Wildman–Crippen LogP) is 8.99. The van der Waals surface area contributed by atoms with Crippen LogP contribution in [0.2, 0.25) is 0 Å². The standard InChI is InChI=1S/C17H24OS9/c1-11(18)22-9-7-5-6-8-10-23-15-14(21-4)26-17(27-15)16-24-12(19-2)13(20-3)25-16/h5-10H2,1-4H3. The Bertz CT molecular complexity index is 606. The Morgan fingerprint density at radius 1 is 0.704 bits per heavy atom. The lowest BCUT2D eigenvalue weighted by molar-refractivity contribution is -0.109. The molecule has 0 N–H and O–H groups in total. The van der Waals surface area contributed by atoms with Crippen LogP contribution in [0.5, 0.6) is 0 Å². The summed E-state index contributed by atoms with van der Waals surface area (Å²) in [6.45, 7) is 1.65. The molecular weight excluding hydrogens is 509 g/mol. The Balaban J connectivity index is 1.74. The number of thioether (sulfide) groups is 9. The van der Waals surface area contributed by atoms with E-state index >= 15 is 0 Å². The minimum Gasteiger partial charge on any atom is -0.288 e. The molecule has 1 nitrogen and oxygen atoms in total. The first kappa shape index (κ1) is 25.3. The van der Waals surface area contributed by atoms with E-state index in [4.69, 9.17) is 0 Å². The summed E-state index contributed by atoms with van der Waals surface area (Å²) in [5.41, 5.74) is 0. The van der Waals surface area contributed by atoms with Gasteiger partial charge in [-0.3, -0.25) is 4.79 Å². The second-order valence-corrected chi connectivity index (χ2v) is 15.8. The van der Waals surface area contributed by atoms with Crippen molar-refractivity contribution in [2.75, 3.05) is 30.3 Å². The van der Waals surface area contributed by atoms with Crippen LogP contribution in [0.3, 0.4) is 0 Å². The van der Waals surface area contributed by atoms with Gasteiger partial charge in [-0.05, 0) is 37.4 Å². The first-order valence-corrected chi connectivity index (χ1v) is 17.3. The summed E-state index contributed by atoms with van der Waals surface area (Å²) in [5, 5.41) is 0.242. The zero-order valence-corrected chi connectivity index (χ0v) is 23.2. The molecule has 0 saturated heterocycles. The van der Waals surface area contributed by atoms with Crippen LogP contribution in [0.15, 0.2) is 25.4 Å². The molecule has 2 aliphatic rings. The third-order valence-electron chi connectivity index (χ3n) is 3.37. The Hall–Kier alpha value is 2.04. The fourth-order valence-corrected chi connectivity index (χ4v) is 13.5. The van der Waals surface area contributed by atoms with E-state index in [1.54, 1.807) is 6.92 Å². The lowest BCUT2D eigenvalue weighted by atomic mass is 10.2. The van der Waals surface area contributed by atoms with E-state index in [0.717, 1.165) is 12.2 Å². The first-order valence-electron chi connectivity index (χ1n) is 8.41. The zero-order chi connectivity index (χ0) is 19.6. The molecule has 0 aromatic rings. The molecule has 0 unspecified atom stereocenters. The summed E-state index contributed by atoms with van der Waals surface area (Å²) < 4.78 is 8.79. The molecule has 0 amide bonds. The molecule has 2 heterocycles. The highest BCUT2D eigenvalue weighted by Crippen LogP contribution is 2.65. The summed E-state index contributed by atoms with van der Waals surface area (Å²) >= 11 is 16.9. The summed E-state index contributed by atoms with van der Waals surface area (Å²) in [5.74, 6) is 2.17. The van der Waals surface area contributed by atoms with Gasteiger partial charge < -0.3 is 0 Å². The molecule has 2 aliphatic heterocycles.